The van der Waals surface area contributed by atoms with Gasteiger partial charge in [-0.2, -0.15) is 0 Å². The fourth-order valence-corrected chi connectivity index (χ4v) is 2.67. The van der Waals surface area contributed by atoms with E-state index in [1.165, 1.54) is 32.1 Å². The van der Waals surface area contributed by atoms with Crippen molar-refractivity contribution < 1.29 is 9.90 Å². The molecule has 0 aromatic heterocycles. The number of carboxylic acids is 1. The van der Waals surface area contributed by atoms with Crippen molar-refractivity contribution in [2.45, 2.75) is 85.5 Å². The number of aliphatic carboxylic acids is 1. The van der Waals surface area contributed by atoms with Crippen LogP contribution in [0.3, 0.4) is 0 Å². The minimum absolute atomic E-state index is 0.117. The second-order valence-corrected chi connectivity index (χ2v) is 6.37. The van der Waals surface area contributed by atoms with Gasteiger partial charge >= 0.3 is 5.97 Å². The van der Waals surface area contributed by atoms with E-state index in [0.717, 1.165) is 31.6 Å². The highest BCUT2D eigenvalue weighted by atomic mass is 16.4. The first-order valence-electron chi connectivity index (χ1n) is 8.23. The fourth-order valence-electron chi connectivity index (χ4n) is 2.67. The molecule has 0 aromatic rings. The monoisotopic (exact) mass is 270 g/mol. The molecule has 0 saturated heterocycles. The zero-order valence-corrected chi connectivity index (χ0v) is 13.5. The number of rotatable bonds is 12. The van der Waals surface area contributed by atoms with Gasteiger partial charge in [-0.1, -0.05) is 72.6 Å². The van der Waals surface area contributed by atoms with Crippen LogP contribution in [0.25, 0.3) is 0 Å². The normalized spacial score (nSPS) is 14.6. The van der Waals surface area contributed by atoms with Gasteiger partial charge < -0.3 is 5.11 Å². The van der Waals surface area contributed by atoms with E-state index >= 15 is 0 Å². The molecule has 0 amide bonds. The SMILES string of the molecule is CCCCC(CC)CC(CCCCC(C)C)C(=O)O. The molecule has 0 spiro atoms. The van der Waals surface area contributed by atoms with Crippen LogP contribution in [0.2, 0.25) is 0 Å². The number of carbonyl (C=O) groups is 1. The van der Waals surface area contributed by atoms with Crippen molar-refractivity contribution in [3.63, 3.8) is 0 Å². The van der Waals surface area contributed by atoms with Gasteiger partial charge in [-0.25, -0.2) is 0 Å². The second-order valence-electron chi connectivity index (χ2n) is 6.37. The van der Waals surface area contributed by atoms with E-state index < -0.39 is 5.97 Å². The molecule has 2 nitrogen and oxygen atoms in total. The summed E-state index contributed by atoms with van der Waals surface area (Å²) in [6, 6.07) is 0. The van der Waals surface area contributed by atoms with Gasteiger partial charge in [0.15, 0.2) is 0 Å². The Balaban J connectivity index is 4.05. The lowest BCUT2D eigenvalue weighted by molar-refractivity contribution is -0.142. The van der Waals surface area contributed by atoms with E-state index in [1.807, 2.05) is 0 Å². The molecule has 2 unspecified atom stereocenters. The average Bonchev–Trinajstić information content (AvgIpc) is 2.36. The molecule has 0 aliphatic heterocycles. The third kappa shape index (κ3) is 9.98. The molecule has 2 heteroatoms. The summed E-state index contributed by atoms with van der Waals surface area (Å²) >= 11 is 0. The van der Waals surface area contributed by atoms with Crippen molar-refractivity contribution in [3.8, 4) is 0 Å². The lowest BCUT2D eigenvalue weighted by atomic mass is 9.86. The van der Waals surface area contributed by atoms with Crippen molar-refractivity contribution >= 4 is 5.97 Å². The maximum absolute atomic E-state index is 11.4. The molecule has 0 bridgehead atoms. The maximum atomic E-state index is 11.4. The Hall–Kier alpha value is -0.530. The van der Waals surface area contributed by atoms with Crippen molar-refractivity contribution in [3.05, 3.63) is 0 Å². The number of carboxylic acid groups (broad SMARTS) is 1. The van der Waals surface area contributed by atoms with Crippen LogP contribution in [-0.2, 0) is 4.79 Å². The number of unbranched alkanes of at least 4 members (excludes halogenated alkanes) is 2. The Kier molecular flexibility index (Phi) is 11.0. The Labute approximate surface area is 120 Å². The van der Waals surface area contributed by atoms with Gasteiger partial charge in [0.25, 0.3) is 0 Å². The lowest BCUT2D eigenvalue weighted by Crippen LogP contribution is -2.18. The van der Waals surface area contributed by atoms with Crippen molar-refractivity contribution in [2.75, 3.05) is 0 Å². The van der Waals surface area contributed by atoms with Crippen LogP contribution in [0.15, 0.2) is 0 Å². The molecule has 0 aliphatic carbocycles. The van der Waals surface area contributed by atoms with E-state index in [-0.39, 0.29) is 5.92 Å². The molecule has 0 heterocycles. The predicted octanol–water partition coefficient (Wildman–Crippen LogP) is 5.51. The summed E-state index contributed by atoms with van der Waals surface area (Å²) in [5.41, 5.74) is 0. The highest BCUT2D eigenvalue weighted by Crippen LogP contribution is 2.25. The van der Waals surface area contributed by atoms with Crippen molar-refractivity contribution in [1.29, 1.82) is 0 Å². The van der Waals surface area contributed by atoms with Crippen LogP contribution in [0.1, 0.15) is 85.5 Å². The first kappa shape index (κ1) is 18.5. The summed E-state index contributed by atoms with van der Waals surface area (Å²) < 4.78 is 0. The number of hydrogen-bond acceptors (Lipinski definition) is 1. The molecule has 0 radical (unpaired) electrons. The molecule has 0 fully saturated rings. The van der Waals surface area contributed by atoms with Crippen molar-refractivity contribution in [2.24, 2.45) is 17.8 Å². The summed E-state index contributed by atoms with van der Waals surface area (Å²) in [7, 11) is 0. The summed E-state index contributed by atoms with van der Waals surface area (Å²) in [5, 5.41) is 9.35. The Morgan fingerprint density at radius 3 is 2.11 bits per heavy atom. The maximum Gasteiger partial charge on any atom is 0.306 e. The van der Waals surface area contributed by atoms with Crippen LogP contribution in [-0.4, -0.2) is 11.1 Å². The average molecular weight is 270 g/mol. The highest BCUT2D eigenvalue weighted by Gasteiger charge is 2.21. The zero-order chi connectivity index (χ0) is 14.7. The van der Waals surface area contributed by atoms with Gasteiger partial charge in [-0.3, -0.25) is 4.79 Å². The van der Waals surface area contributed by atoms with Crippen LogP contribution in [0, 0.1) is 17.8 Å². The molecule has 0 aliphatic rings. The summed E-state index contributed by atoms with van der Waals surface area (Å²) in [6.45, 7) is 8.85. The van der Waals surface area contributed by atoms with Gasteiger partial charge in [0.05, 0.1) is 5.92 Å². The molecule has 2 atom stereocenters. The molecule has 114 valence electrons. The Morgan fingerprint density at radius 1 is 1.00 bits per heavy atom. The third-order valence-corrected chi connectivity index (χ3v) is 4.09. The highest BCUT2D eigenvalue weighted by molar-refractivity contribution is 5.69. The molecule has 0 aromatic carbocycles. The minimum Gasteiger partial charge on any atom is -0.481 e. The van der Waals surface area contributed by atoms with E-state index in [9.17, 15) is 9.90 Å². The van der Waals surface area contributed by atoms with Gasteiger partial charge in [0, 0.05) is 0 Å². The molecular formula is C17H34O2. The number of hydrogen-bond donors (Lipinski definition) is 1. The van der Waals surface area contributed by atoms with E-state index in [1.54, 1.807) is 0 Å². The summed E-state index contributed by atoms with van der Waals surface area (Å²) in [4.78, 5) is 11.4. The molecule has 1 N–H and O–H groups in total. The summed E-state index contributed by atoms with van der Waals surface area (Å²) in [6.07, 6.45) is 9.98. The van der Waals surface area contributed by atoms with E-state index in [4.69, 9.17) is 0 Å². The van der Waals surface area contributed by atoms with E-state index in [2.05, 4.69) is 27.7 Å². The van der Waals surface area contributed by atoms with Gasteiger partial charge in [-0.15, -0.1) is 0 Å². The molecule has 0 saturated carbocycles. The molecule has 19 heavy (non-hydrogen) atoms. The predicted molar refractivity (Wildman–Crippen MR) is 82.4 cm³/mol. The van der Waals surface area contributed by atoms with Crippen LogP contribution < -0.4 is 0 Å². The fraction of sp³-hybridized carbons (Fsp3) is 0.941. The third-order valence-electron chi connectivity index (χ3n) is 4.09. The quantitative estimate of drug-likeness (QED) is 0.475. The van der Waals surface area contributed by atoms with Gasteiger partial charge in [0.2, 0.25) is 0 Å². The molecule has 0 rings (SSSR count). The first-order valence-corrected chi connectivity index (χ1v) is 8.23. The topological polar surface area (TPSA) is 37.3 Å². The Bertz CT molecular complexity index is 223. The van der Waals surface area contributed by atoms with E-state index in [0.29, 0.717) is 5.92 Å². The zero-order valence-electron chi connectivity index (χ0n) is 13.5. The minimum atomic E-state index is -0.584. The second kappa shape index (κ2) is 11.3. The van der Waals surface area contributed by atoms with Crippen LogP contribution >= 0.6 is 0 Å². The van der Waals surface area contributed by atoms with Gasteiger partial charge in [0.1, 0.15) is 0 Å². The van der Waals surface area contributed by atoms with Crippen LogP contribution in [0.5, 0.6) is 0 Å². The Morgan fingerprint density at radius 2 is 1.63 bits per heavy atom. The standard InChI is InChI=1S/C17H34O2/c1-5-7-11-15(6-2)13-16(17(18)19)12-9-8-10-14(3)4/h14-16H,5-13H2,1-4H3,(H,18,19). The van der Waals surface area contributed by atoms with Crippen LogP contribution in [0.4, 0.5) is 0 Å². The summed E-state index contributed by atoms with van der Waals surface area (Å²) in [5.74, 6) is 0.635. The largest absolute Gasteiger partial charge is 0.481 e. The lowest BCUT2D eigenvalue weighted by Gasteiger charge is -2.20. The smallest absolute Gasteiger partial charge is 0.306 e. The van der Waals surface area contributed by atoms with Gasteiger partial charge in [-0.05, 0) is 24.7 Å². The molecular weight excluding hydrogens is 236 g/mol. The first-order chi connectivity index (χ1) is 9.01. The van der Waals surface area contributed by atoms with Crippen molar-refractivity contribution in [1.82, 2.24) is 0 Å².